The van der Waals surface area contributed by atoms with E-state index in [1.165, 1.54) is 19.2 Å². The molecule has 7 heteroatoms. The Morgan fingerprint density at radius 3 is 2.62 bits per heavy atom. The molecule has 0 saturated carbocycles. The lowest BCUT2D eigenvalue weighted by Crippen LogP contribution is -2.39. The maximum absolute atomic E-state index is 13.1. The molecule has 0 amide bonds. The van der Waals surface area contributed by atoms with Gasteiger partial charge in [-0.2, -0.15) is 13.2 Å². The fourth-order valence-electron chi connectivity index (χ4n) is 3.83. The van der Waals surface area contributed by atoms with E-state index in [0.717, 1.165) is 18.2 Å². The fourth-order valence-corrected chi connectivity index (χ4v) is 3.83. The summed E-state index contributed by atoms with van der Waals surface area (Å²) in [4.78, 5) is 2.21. The molecule has 0 bridgehead atoms. The molecule has 2 aromatic rings. The first kappa shape index (κ1) is 21.8. The number of hydrogen-bond acceptors (Lipinski definition) is 4. The largest absolute Gasteiger partial charge is 0.416 e. The molecule has 1 heterocycles. The SMILES string of the molecule is COC[C@H](NC[C@@H]1C[C@H](O)CN1Cc1ccccc1)c1cccc(C(F)(F)F)c1. The van der Waals surface area contributed by atoms with Crippen molar-refractivity contribution in [3.05, 3.63) is 71.3 Å². The number of nitrogens with one attached hydrogen (secondary N) is 1. The van der Waals surface area contributed by atoms with Crippen LogP contribution in [0.3, 0.4) is 0 Å². The Morgan fingerprint density at radius 1 is 1.17 bits per heavy atom. The summed E-state index contributed by atoms with van der Waals surface area (Å²) in [5, 5.41) is 13.5. The molecule has 1 fully saturated rings. The quantitative estimate of drug-likeness (QED) is 0.700. The summed E-state index contributed by atoms with van der Waals surface area (Å²) in [6.45, 7) is 2.12. The third kappa shape index (κ3) is 6.02. The summed E-state index contributed by atoms with van der Waals surface area (Å²) < 4.78 is 44.4. The first-order chi connectivity index (χ1) is 13.9. The summed E-state index contributed by atoms with van der Waals surface area (Å²) in [7, 11) is 1.53. The number of aliphatic hydroxyl groups is 1. The monoisotopic (exact) mass is 408 g/mol. The van der Waals surface area contributed by atoms with Crippen LogP contribution in [0.1, 0.15) is 29.2 Å². The topological polar surface area (TPSA) is 44.7 Å². The first-order valence-electron chi connectivity index (χ1n) is 9.72. The molecule has 1 aliphatic heterocycles. The third-order valence-corrected chi connectivity index (χ3v) is 5.28. The first-order valence-corrected chi connectivity index (χ1v) is 9.72. The van der Waals surface area contributed by atoms with Crippen molar-refractivity contribution in [1.29, 1.82) is 0 Å². The van der Waals surface area contributed by atoms with E-state index in [-0.39, 0.29) is 18.7 Å². The summed E-state index contributed by atoms with van der Waals surface area (Å²) in [6.07, 6.45) is -4.16. The van der Waals surface area contributed by atoms with E-state index in [1.54, 1.807) is 6.07 Å². The van der Waals surface area contributed by atoms with E-state index in [4.69, 9.17) is 4.74 Å². The summed E-state index contributed by atoms with van der Waals surface area (Å²) in [5.41, 5.74) is 1.03. The van der Waals surface area contributed by atoms with Crippen molar-refractivity contribution in [2.24, 2.45) is 0 Å². The highest BCUT2D eigenvalue weighted by Gasteiger charge is 2.33. The van der Waals surface area contributed by atoms with Crippen molar-refractivity contribution < 1.29 is 23.0 Å². The van der Waals surface area contributed by atoms with Gasteiger partial charge in [0.2, 0.25) is 0 Å². The van der Waals surface area contributed by atoms with Crippen LogP contribution in [0.25, 0.3) is 0 Å². The molecule has 0 aliphatic carbocycles. The molecule has 1 saturated heterocycles. The average Bonchev–Trinajstić information content (AvgIpc) is 3.04. The Morgan fingerprint density at radius 2 is 1.93 bits per heavy atom. The molecule has 0 spiro atoms. The number of aliphatic hydroxyl groups excluding tert-OH is 1. The predicted octanol–water partition coefficient (Wildman–Crippen LogP) is 3.62. The van der Waals surface area contributed by atoms with E-state index in [9.17, 15) is 18.3 Å². The molecule has 2 N–H and O–H groups in total. The van der Waals surface area contributed by atoms with Gasteiger partial charge in [-0.25, -0.2) is 0 Å². The number of ether oxygens (including phenoxy) is 1. The highest BCUT2D eigenvalue weighted by Crippen LogP contribution is 2.31. The molecule has 4 nitrogen and oxygen atoms in total. The summed E-state index contributed by atoms with van der Waals surface area (Å²) in [5.74, 6) is 0. The normalized spacial score (nSPS) is 21.4. The van der Waals surface area contributed by atoms with Gasteiger partial charge in [0.15, 0.2) is 0 Å². The smallest absolute Gasteiger partial charge is 0.392 e. The van der Waals surface area contributed by atoms with Gasteiger partial charge in [0, 0.05) is 32.8 Å². The van der Waals surface area contributed by atoms with Crippen LogP contribution in [-0.2, 0) is 17.5 Å². The molecule has 158 valence electrons. The Balaban J connectivity index is 1.67. The van der Waals surface area contributed by atoms with Gasteiger partial charge in [-0.3, -0.25) is 4.90 Å². The number of benzene rings is 2. The lowest BCUT2D eigenvalue weighted by molar-refractivity contribution is -0.137. The average molecular weight is 408 g/mol. The van der Waals surface area contributed by atoms with E-state index in [1.807, 2.05) is 30.3 Å². The molecule has 1 aliphatic rings. The van der Waals surface area contributed by atoms with Crippen molar-refractivity contribution in [3.8, 4) is 0 Å². The van der Waals surface area contributed by atoms with Gasteiger partial charge in [0.25, 0.3) is 0 Å². The number of nitrogens with zero attached hydrogens (tertiary/aromatic N) is 1. The lowest BCUT2D eigenvalue weighted by atomic mass is 10.0. The van der Waals surface area contributed by atoms with E-state index < -0.39 is 17.8 Å². The molecule has 2 aromatic carbocycles. The number of likely N-dealkylation sites (tertiary alicyclic amines) is 1. The molecule has 29 heavy (non-hydrogen) atoms. The maximum Gasteiger partial charge on any atom is 0.416 e. The Labute approximate surface area is 169 Å². The van der Waals surface area contributed by atoms with Crippen LogP contribution in [0.15, 0.2) is 54.6 Å². The van der Waals surface area contributed by atoms with Crippen LogP contribution in [0.4, 0.5) is 13.2 Å². The summed E-state index contributed by atoms with van der Waals surface area (Å²) in [6, 6.07) is 15.1. The van der Waals surface area contributed by atoms with Crippen LogP contribution >= 0.6 is 0 Å². The standard InChI is InChI=1S/C22H27F3N2O2/c1-29-15-21(17-8-5-9-18(10-17)22(23,24)25)26-12-19-11-20(28)14-27(19)13-16-6-3-2-4-7-16/h2-10,19-21,26,28H,11-15H2,1H3/t19-,20-,21-/m0/s1. The Bertz CT molecular complexity index is 770. The fraction of sp³-hybridized carbons (Fsp3) is 0.455. The van der Waals surface area contributed by atoms with Crippen LogP contribution < -0.4 is 5.32 Å². The van der Waals surface area contributed by atoms with Crippen LogP contribution in [0, 0.1) is 0 Å². The van der Waals surface area contributed by atoms with Crippen LogP contribution in [0.2, 0.25) is 0 Å². The van der Waals surface area contributed by atoms with Crippen molar-refractivity contribution >= 4 is 0 Å². The number of alkyl halides is 3. The van der Waals surface area contributed by atoms with Gasteiger partial charge in [-0.05, 0) is 29.7 Å². The van der Waals surface area contributed by atoms with Gasteiger partial charge in [0.1, 0.15) is 0 Å². The van der Waals surface area contributed by atoms with Gasteiger partial charge in [-0.15, -0.1) is 0 Å². The minimum atomic E-state index is -4.38. The molecule has 0 aromatic heterocycles. The number of β-amino-alcohol motifs (C(OH)–C–C–N with tert-alkyl or cyclic N) is 1. The highest BCUT2D eigenvalue weighted by molar-refractivity contribution is 5.28. The summed E-state index contributed by atoms with van der Waals surface area (Å²) >= 11 is 0. The van der Waals surface area contributed by atoms with E-state index in [0.29, 0.717) is 25.1 Å². The van der Waals surface area contributed by atoms with E-state index in [2.05, 4.69) is 10.2 Å². The highest BCUT2D eigenvalue weighted by atomic mass is 19.4. The Hall–Kier alpha value is -1.93. The predicted molar refractivity (Wildman–Crippen MR) is 105 cm³/mol. The number of hydrogen-bond donors (Lipinski definition) is 2. The molecule has 3 rings (SSSR count). The van der Waals surface area contributed by atoms with Crippen molar-refractivity contribution in [2.45, 2.75) is 37.3 Å². The number of halogens is 3. The minimum Gasteiger partial charge on any atom is -0.392 e. The second kappa shape index (κ2) is 9.71. The Kier molecular flexibility index (Phi) is 7.29. The molecular formula is C22H27F3N2O2. The molecular weight excluding hydrogens is 381 g/mol. The maximum atomic E-state index is 13.1. The second-order valence-corrected chi connectivity index (χ2v) is 7.50. The lowest BCUT2D eigenvalue weighted by Gasteiger charge is -2.27. The molecule has 0 radical (unpaired) electrons. The zero-order valence-electron chi connectivity index (χ0n) is 16.4. The third-order valence-electron chi connectivity index (χ3n) is 5.28. The van der Waals surface area contributed by atoms with Gasteiger partial charge < -0.3 is 15.2 Å². The van der Waals surface area contributed by atoms with Gasteiger partial charge >= 0.3 is 6.18 Å². The van der Waals surface area contributed by atoms with Crippen molar-refractivity contribution in [3.63, 3.8) is 0 Å². The number of rotatable bonds is 8. The second-order valence-electron chi connectivity index (χ2n) is 7.50. The van der Waals surface area contributed by atoms with E-state index >= 15 is 0 Å². The van der Waals surface area contributed by atoms with Crippen molar-refractivity contribution in [1.82, 2.24) is 10.2 Å². The van der Waals surface area contributed by atoms with Crippen LogP contribution in [-0.4, -0.2) is 49.0 Å². The van der Waals surface area contributed by atoms with Crippen molar-refractivity contribution in [2.75, 3.05) is 26.8 Å². The van der Waals surface area contributed by atoms with Gasteiger partial charge in [0.05, 0.1) is 24.3 Å². The minimum absolute atomic E-state index is 0.0929. The molecule has 3 atom stereocenters. The molecule has 0 unspecified atom stereocenters. The number of methoxy groups -OCH3 is 1. The zero-order valence-corrected chi connectivity index (χ0v) is 16.4. The van der Waals surface area contributed by atoms with Crippen LogP contribution in [0.5, 0.6) is 0 Å². The van der Waals surface area contributed by atoms with Gasteiger partial charge in [-0.1, -0.05) is 42.5 Å². The zero-order chi connectivity index (χ0) is 20.9.